The van der Waals surface area contributed by atoms with Crippen LogP contribution < -0.4 is 10.1 Å². The zero-order valence-corrected chi connectivity index (χ0v) is 17.7. The van der Waals surface area contributed by atoms with E-state index >= 15 is 0 Å². The smallest absolute Gasteiger partial charge is 0.206 e. The van der Waals surface area contributed by atoms with Crippen molar-refractivity contribution in [3.8, 4) is 5.75 Å². The molecule has 0 saturated carbocycles. The molecule has 1 aromatic carbocycles. The summed E-state index contributed by atoms with van der Waals surface area (Å²) in [7, 11) is -2.74. The molecule has 0 aliphatic carbocycles. The quantitative estimate of drug-likeness (QED) is 0.444. The lowest BCUT2D eigenvalue weighted by atomic mass is 10.2. The third-order valence-electron chi connectivity index (χ3n) is 3.88. The Labute approximate surface area is 171 Å². The molecule has 2 heterocycles. The molecular formula is C18H21F2N4O3PS. The third-order valence-corrected chi connectivity index (χ3v) is 6.39. The number of thiazole rings is 1. The average molecular weight is 442 g/mol. The van der Waals surface area contributed by atoms with Crippen LogP contribution in [0.15, 0.2) is 29.9 Å². The van der Waals surface area contributed by atoms with Crippen molar-refractivity contribution in [2.24, 2.45) is 0 Å². The van der Waals surface area contributed by atoms with Gasteiger partial charge >= 0.3 is 0 Å². The highest BCUT2D eigenvalue weighted by atomic mass is 32.1. The standard InChI is InChI=1S/C18H21F2N4O3PS/c1-3-26-28(2,25)9-12-10-29-18(23-12)24-17-15-6-13(27-14(7-19)8-20)4-5-16(15)21-11-22-17/h4-6,10-11,14H,3,7-9H2,1-2H3,(H,21,22,23,24). The lowest BCUT2D eigenvalue weighted by Gasteiger charge is -2.13. The molecule has 0 radical (unpaired) electrons. The molecule has 0 saturated heterocycles. The molecule has 1 atom stereocenters. The lowest BCUT2D eigenvalue weighted by molar-refractivity contribution is 0.134. The molecule has 1 unspecified atom stereocenters. The Hall–Kier alpha value is -2.16. The first-order chi connectivity index (χ1) is 13.9. The summed E-state index contributed by atoms with van der Waals surface area (Å²) in [4.78, 5) is 12.9. The van der Waals surface area contributed by atoms with Crippen molar-refractivity contribution in [1.29, 1.82) is 0 Å². The minimum absolute atomic E-state index is 0.245. The van der Waals surface area contributed by atoms with Gasteiger partial charge < -0.3 is 14.6 Å². The lowest BCUT2D eigenvalue weighted by Crippen LogP contribution is -2.21. The molecule has 0 fully saturated rings. The minimum atomic E-state index is -2.74. The van der Waals surface area contributed by atoms with Crippen LogP contribution in [0.2, 0.25) is 0 Å². The maximum Gasteiger partial charge on any atom is 0.206 e. The third kappa shape index (κ3) is 5.68. The Morgan fingerprint density at radius 1 is 1.28 bits per heavy atom. The van der Waals surface area contributed by atoms with Gasteiger partial charge in [0.1, 0.15) is 31.2 Å². The van der Waals surface area contributed by atoms with Gasteiger partial charge in [0.05, 0.1) is 24.0 Å². The SMILES string of the molecule is CCOP(C)(=O)Cc1csc(Nc2ncnc3ccc(OC(CF)CF)cc23)n1. The summed E-state index contributed by atoms with van der Waals surface area (Å²) in [5, 5.41) is 6.11. The predicted octanol–water partition coefficient (Wildman–Crippen LogP) is 4.96. The molecule has 0 bridgehead atoms. The fourth-order valence-corrected chi connectivity index (χ4v) is 4.88. The van der Waals surface area contributed by atoms with Crippen molar-refractivity contribution in [1.82, 2.24) is 15.0 Å². The van der Waals surface area contributed by atoms with Gasteiger partial charge in [-0.1, -0.05) is 0 Å². The van der Waals surface area contributed by atoms with Crippen LogP contribution in [-0.4, -0.2) is 47.7 Å². The first kappa shape index (κ1) is 21.5. The number of hydrogen-bond donors (Lipinski definition) is 1. The van der Waals surface area contributed by atoms with Gasteiger partial charge in [-0.15, -0.1) is 11.3 Å². The van der Waals surface area contributed by atoms with Crippen molar-refractivity contribution in [2.45, 2.75) is 19.2 Å². The number of nitrogens with one attached hydrogen (secondary N) is 1. The molecule has 11 heteroatoms. The largest absolute Gasteiger partial charge is 0.485 e. The number of fused-ring (bicyclic) bond motifs is 1. The molecule has 156 valence electrons. The molecular weight excluding hydrogens is 421 g/mol. The maximum absolute atomic E-state index is 12.8. The zero-order valence-electron chi connectivity index (χ0n) is 16.0. The van der Waals surface area contributed by atoms with E-state index in [0.717, 1.165) is 0 Å². The second kappa shape index (κ2) is 9.56. The number of nitrogens with zero attached hydrogens (tertiary/aromatic N) is 3. The Morgan fingerprint density at radius 2 is 2.07 bits per heavy atom. The van der Waals surface area contributed by atoms with E-state index in [0.29, 0.717) is 39.9 Å². The molecule has 1 N–H and O–H groups in total. The highest BCUT2D eigenvalue weighted by Crippen LogP contribution is 2.46. The molecule has 0 aliphatic rings. The maximum atomic E-state index is 12.8. The van der Waals surface area contributed by atoms with Gasteiger partial charge in [-0.2, -0.15) is 0 Å². The summed E-state index contributed by atoms with van der Waals surface area (Å²) in [6.45, 7) is 1.92. The topological polar surface area (TPSA) is 86.2 Å². The summed E-state index contributed by atoms with van der Waals surface area (Å²) in [6.07, 6.45) is 0.501. The highest BCUT2D eigenvalue weighted by molar-refractivity contribution is 7.57. The number of aromatic nitrogens is 3. The normalized spacial score (nSPS) is 13.6. The van der Waals surface area contributed by atoms with Crippen LogP contribution in [0.3, 0.4) is 0 Å². The number of ether oxygens (including phenoxy) is 1. The number of rotatable bonds is 10. The van der Waals surface area contributed by atoms with Crippen molar-refractivity contribution in [3.63, 3.8) is 0 Å². The monoisotopic (exact) mass is 442 g/mol. The highest BCUT2D eigenvalue weighted by Gasteiger charge is 2.18. The van der Waals surface area contributed by atoms with Crippen LogP contribution in [0.25, 0.3) is 10.9 Å². The van der Waals surface area contributed by atoms with E-state index in [4.69, 9.17) is 9.26 Å². The Balaban J connectivity index is 1.82. The van der Waals surface area contributed by atoms with Gasteiger partial charge in [0.2, 0.25) is 7.37 Å². The fraction of sp³-hybridized carbons (Fsp3) is 0.389. The molecule has 2 aromatic heterocycles. The summed E-state index contributed by atoms with van der Waals surface area (Å²) in [5.41, 5.74) is 1.30. The van der Waals surface area contributed by atoms with Crippen molar-refractivity contribution in [2.75, 3.05) is 31.9 Å². The van der Waals surface area contributed by atoms with Crippen LogP contribution in [0.5, 0.6) is 5.75 Å². The van der Waals surface area contributed by atoms with Crippen molar-refractivity contribution >= 4 is 40.6 Å². The number of anilines is 2. The van der Waals surface area contributed by atoms with E-state index in [1.165, 1.54) is 17.7 Å². The van der Waals surface area contributed by atoms with E-state index in [1.54, 1.807) is 31.8 Å². The minimum Gasteiger partial charge on any atom is -0.485 e. The molecule has 3 aromatic rings. The Kier molecular flexibility index (Phi) is 7.10. The summed E-state index contributed by atoms with van der Waals surface area (Å²) < 4.78 is 48.5. The Bertz CT molecular complexity index is 1020. The molecule has 0 aliphatic heterocycles. The van der Waals surface area contributed by atoms with E-state index in [2.05, 4.69) is 20.3 Å². The zero-order chi connectivity index (χ0) is 20.9. The second-order valence-corrected chi connectivity index (χ2v) is 9.77. The summed E-state index contributed by atoms with van der Waals surface area (Å²) in [5.74, 6) is 0.794. The summed E-state index contributed by atoms with van der Waals surface area (Å²) in [6, 6.07) is 4.92. The van der Waals surface area contributed by atoms with Gasteiger partial charge in [-0.05, 0) is 25.1 Å². The number of halogens is 2. The van der Waals surface area contributed by atoms with Gasteiger partial charge in [-0.3, -0.25) is 4.57 Å². The average Bonchev–Trinajstić information content (AvgIpc) is 3.12. The first-order valence-corrected chi connectivity index (χ1v) is 12.0. The summed E-state index contributed by atoms with van der Waals surface area (Å²) >= 11 is 1.34. The van der Waals surface area contributed by atoms with Crippen LogP contribution in [-0.2, 0) is 15.3 Å². The van der Waals surface area contributed by atoms with Gasteiger partial charge in [0, 0.05) is 17.4 Å². The molecule has 29 heavy (non-hydrogen) atoms. The Morgan fingerprint density at radius 3 is 2.79 bits per heavy atom. The molecule has 0 spiro atoms. The van der Waals surface area contributed by atoms with E-state index < -0.39 is 26.8 Å². The number of hydrogen-bond acceptors (Lipinski definition) is 8. The van der Waals surface area contributed by atoms with Crippen LogP contribution in [0, 0.1) is 0 Å². The van der Waals surface area contributed by atoms with E-state index in [9.17, 15) is 13.3 Å². The number of benzene rings is 1. The van der Waals surface area contributed by atoms with E-state index in [1.807, 2.05) is 5.38 Å². The second-order valence-electron chi connectivity index (χ2n) is 6.31. The van der Waals surface area contributed by atoms with Gasteiger partial charge in [0.15, 0.2) is 11.2 Å². The van der Waals surface area contributed by atoms with E-state index in [-0.39, 0.29) is 6.16 Å². The van der Waals surface area contributed by atoms with Crippen LogP contribution in [0.4, 0.5) is 19.7 Å². The fourth-order valence-electron chi connectivity index (χ4n) is 2.66. The number of alkyl halides is 2. The van der Waals surface area contributed by atoms with Crippen molar-refractivity contribution < 1.29 is 22.6 Å². The molecule has 3 rings (SSSR count). The predicted molar refractivity (Wildman–Crippen MR) is 110 cm³/mol. The van der Waals surface area contributed by atoms with Crippen LogP contribution in [0.1, 0.15) is 12.6 Å². The van der Waals surface area contributed by atoms with Gasteiger partial charge in [0.25, 0.3) is 0 Å². The first-order valence-electron chi connectivity index (χ1n) is 8.90. The molecule has 0 amide bonds. The molecule has 7 nitrogen and oxygen atoms in total. The van der Waals surface area contributed by atoms with Crippen molar-refractivity contribution in [3.05, 3.63) is 35.6 Å². The van der Waals surface area contributed by atoms with Gasteiger partial charge in [-0.25, -0.2) is 23.7 Å². The van der Waals surface area contributed by atoms with Crippen LogP contribution >= 0.6 is 18.7 Å².